The number of aliphatic hydroxyl groups is 1. The quantitative estimate of drug-likeness (QED) is 0.296. The van der Waals surface area contributed by atoms with Crippen LogP contribution < -0.4 is 27.2 Å². The molecule has 0 aromatic heterocycles. The number of benzene rings is 2. The summed E-state index contributed by atoms with van der Waals surface area (Å²) in [4.78, 5) is 12.1. The lowest BCUT2D eigenvalue weighted by atomic mass is 9.97. The largest absolute Gasteiger partial charge is 0.418 e. The number of amides is 2. The third kappa shape index (κ3) is 6.89. The number of hydrogen-bond acceptors (Lipinski definition) is 5. The van der Waals surface area contributed by atoms with Crippen LogP contribution in [-0.2, 0) is 6.18 Å². The van der Waals surface area contributed by atoms with E-state index in [9.17, 15) is 23.1 Å². The standard InChI is InChI=1S/C22H28F3N5O2/c1-3-6-14(2)20(31)18(26)13-30(27)16-11-9-15(10-12-16)28-21(32)29-19-8-5-4-7-17(19)22(23,24)25/h4-5,7-14,20,31H,3,6,26-27H2,1-2H3,(H2,28,29,32)/b18-13-. The van der Waals surface area contributed by atoms with Crippen LogP contribution in [0.2, 0.25) is 0 Å². The van der Waals surface area contributed by atoms with Gasteiger partial charge in [-0.2, -0.15) is 13.2 Å². The van der Waals surface area contributed by atoms with Crippen LogP contribution in [0.15, 0.2) is 60.4 Å². The Morgan fingerprint density at radius 1 is 1.16 bits per heavy atom. The smallest absolute Gasteiger partial charge is 0.399 e. The summed E-state index contributed by atoms with van der Waals surface area (Å²) in [5.74, 6) is 5.96. The molecular formula is C22H28F3N5O2. The predicted molar refractivity (Wildman–Crippen MR) is 120 cm³/mol. The van der Waals surface area contributed by atoms with Gasteiger partial charge < -0.3 is 21.5 Å². The molecule has 0 heterocycles. The van der Waals surface area contributed by atoms with Gasteiger partial charge in [0.15, 0.2) is 0 Å². The maximum absolute atomic E-state index is 13.1. The molecule has 10 heteroatoms. The van der Waals surface area contributed by atoms with Gasteiger partial charge in [-0.15, -0.1) is 0 Å². The van der Waals surface area contributed by atoms with Crippen molar-refractivity contribution in [1.82, 2.24) is 0 Å². The summed E-state index contributed by atoms with van der Waals surface area (Å²) in [5, 5.41) is 16.2. The van der Waals surface area contributed by atoms with E-state index in [4.69, 9.17) is 11.6 Å². The number of rotatable bonds is 8. The molecule has 174 valence electrons. The number of hydrogen-bond donors (Lipinski definition) is 5. The number of nitrogens with zero attached hydrogens (tertiary/aromatic N) is 1. The molecule has 2 aromatic carbocycles. The first-order valence-corrected chi connectivity index (χ1v) is 10.1. The highest BCUT2D eigenvalue weighted by atomic mass is 19.4. The molecule has 32 heavy (non-hydrogen) atoms. The van der Waals surface area contributed by atoms with Crippen LogP contribution in [-0.4, -0.2) is 17.2 Å². The molecule has 2 aromatic rings. The van der Waals surface area contributed by atoms with Crippen molar-refractivity contribution in [3.63, 3.8) is 0 Å². The molecule has 2 atom stereocenters. The van der Waals surface area contributed by atoms with Crippen LogP contribution in [0.4, 0.5) is 35.0 Å². The van der Waals surface area contributed by atoms with Gasteiger partial charge >= 0.3 is 12.2 Å². The monoisotopic (exact) mass is 451 g/mol. The van der Waals surface area contributed by atoms with Gasteiger partial charge in [-0.05, 0) is 48.7 Å². The first-order chi connectivity index (χ1) is 15.0. The van der Waals surface area contributed by atoms with Crippen LogP contribution in [0.5, 0.6) is 0 Å². The van der Waals surface area contributed by atoms with Gasteiger partial charge in [0.25, 0.3) is 0 Å². The van der Waals surface area contributed by atoms with Gasteiger partial charge in [0, 0.05) is 11.9 Å². The van der Waals surface area contributed by atoms with Crippen molar-refractivity contribution in [1.29, 1.82) is 0 Å². The number of alkyl halides is 3. The summed E-state index contributed by atoms with van der Waals surface area (Å²) in [6, 6.07) is 10.1. The minimum absolute atomic E-state index is 0.0165. The maximum atomic E-state index is 13.1. The molecule has 0 aliphatic carbocycles. The Morgan fingerprint density at radius 3 is 2.38 bits per heavy atom. The second kappa shape index (κ2) is 10.9. The number of anilines is 3. The molecule has 0 saturated heterocycles. The van der Waals surface area contributed by atoms with E-state index in [2.05, 4.69) is 10.6 Å². The highest BCUT2D eigenvalue weighted by Crippen LogP contribution is 2.34. The number of carbonyl (C=O) groups excluding carboxylic acids is 1. The van der Waals surface area contributed by atoms with Gasteiger partial charge in [-0.3, -0.25) is 5.01 Å². The summed E-state index contributed by atoms with van der Waals surface area (Å²) in [6.45, 7) is 3.91. The van der Waals surface area contributed by atoms with Gasteiger partial charge in [0.2, 0.25) is 0 Å². The molecule has 0 saturated carbocycles. The molecule has 0 radical (unpaired) electrons. The van der Waals surface area contributed by atoms with Gasteiger partial charge in [-0.25, -0.2) is 10.6 Å². The Bertz CT molecular complexity index is 932. The number of halogens is 3. The first-order valence-electron chi connectivity index (χ1n) is 10.1. The van der Waals surface area contributed by atoms with Crippen LogP contribution in [0, 0.1) is 5.92 Å². The van der Waals surface area contributed by atoms with E-state index in [1.165, 1.54) is 41.5 Å². The minimum Gasteiger partial charge on any atom is -0.399 e. The fourth-order valence-corrected chi connectivity index (χ4v) is 3.09. The van der Waals surface area contributed by atoms with Crippen LogP contribution in [0.3, 0.4) is 0 Å². The molecule has 2 amide bonds. The van der Waals surface area contributed by atoms with E-state index < -0.39 is 23.9 Å². The van der Waals surface area contributed by atoms with E-state index in [-0.39, 0.29) is 17.3 Å². The maximum Gasteiger partial charge on any atom is 0.418 e. The molecule has 0 spiro atoms. The SMILES string of the molecule is CCCC(C)C(O)/C(N)=C/N(N)c1ccc(NC(=O)Nc2ccccc2C(F)(F)F)cc1. The van der Waals surface area contributed by atoms with E-state index in [1.54, 1.807) is 12.1 Å². The Labute approximate surface area is 184 Å². The van der Waals surface area contributed by atoms with Crippen molar-refractivity contribution in [3.05, 3.63) is 66.0 Å². The van der Waals surface area contributed by atoms with Gasteiger partial charge in [0.05, 0.1) is 28.7 Å². The number of carbonyl (C=O) groups is 1. The van der Waals surface area contributed by atoms with Crippen molar-refractivity contribution >= 4 is 23.1 Å². The van der Waals surface area contributed by atoms with Crippen LogP contribution >= 0.6 is 0 Å². The molecule has 0 aliphatic heterocycles. The molecule has 0 fully saturated rings. The number of nitrogens with two attached hydrogens (primary N) is 2. The fourth-order valence-electron chi connectivity index (χ4n) is 3.09. The van der Waals surface area contributed by atoms with Gasteiger partial charge in [-0.1, -0.05) is 32.4 Å². The normalized spacial score (nSPS) is 13.9. The lowest BCUT2D eigenvalue weighted by Gasteiger charge is -2.21. The zero-order chi connectivity index (χ0) is 23.9. The lowest BCUT2D eigenvalue weighted by Crippen LogP contribution is -2.31. The average molecular weight is 451 g/mol. The van der Waals surface area contributed by atoms with Crippen molar-refractivity contribution in [2.45, 2.75) is 39.0 Å². The van der Waals surface area contributed by atoms with Crippen molar-refractivity contribution < 1.29 is 23.1 Å². The van der Waals surface area contributed by atoms with Crippen molar-refractivity contribution in [2.24, 2.45) is 17.5 Å². The molecule has 7 nitrogen and oxygen atoms in total. The van der Waals surface area contributed by atoms with E-state index >= 15 is 0 Å². The lowest BCUT2D eigenvalue weighted by molar-refractivity contribution is -0.136. The number of urea groups is 1. The number of nitrogens with one attached hydrogen (secondary N) is 2. The minimum atomic E-state index is -4.59. The second-order valence-corrected chi connectivity index (χ2v) is 7.42. The molecule has 7 N–H and O–H groups in total. The highest BCUT2D eigenvalue weighted by Gasteiger charge is 2.33. The fraction of sp³-hybridized carbons (Fsp3) is 0.318. The molecule has 2 rings (SSSR count). The van der Waals surface area contributed by atoms with Crippen LogP contribution in [0.25, 0.3) is 0 Å². The highest BCUT2D eigenvalue weighted by molar-refractivity contribution is 6.00. The summed E-state index contributed by atoms with van der Waals surface area (Å²) in [6.07, 6.45) is -2.27. The molecule has 0 aliphatic rings. The third-order valence-electron chi connectivity index (χ3n) is 4.82. The Balaban J connectivity index is 2.02. The summed E-state index contributed by atoms with van der Waals surface area (Å²) in [7, 11) is 0. The Hall–Kier alpha value is -3.24. The number of hydrazine groups is 1. The Kier molecular flexibility index (Phi) is 8.50. The van der Waals surface area contributed by atoms with Gasteiger partial charge in [0.1, 0.15) is 0 Å². The summed E-state index contributed by atoms with van der Waals surface area (Å²) >= 11 is 0. The topological polar surface area (TPSA) is 117 Å². The zero-order valence-corrected chi connectivity index (χ0v) is 17.9. The molecular weight excluding hydrogens is 423 g/mol. The van der Waals surface area contributed by atoms with Crippen LogP contribution in [0.1, 0.15) is 32.3 Å². The second-order valence-electron chi connectivity index (χ2n) is 7.42. The van der Waals surface area contributed by atoms with E-state index in [0.29, 0.717) is 11.4 Å². The Morgan fingerprint density at radius 2 is 1.78 bits per heavy atom. The van der Waals surface area contributed by atoms with Crippen molar-refractivity contribution in [2.75, 3.05) is 15.6 Å². The van der Waals surface area contributed by atoms with E-state index in [1.807, 2.05) is 13.8 Å². The number of para-hydroxylation sites is 1. The summed E-state index contributed by atoms with van der Waals surface area (Å²) in [5.41, 5.74) is 5.74. The van der Waals surface area contributed by atoms with E-state index in [0.717, 1.165) is 18.9 Å². The third-order valence-corrected chi connectivity index (χ3v) is 4.82. The van der Waals surface area contributed by atoms with Crippen molar-refractivity contribution in [3.8, 4) is 0 Å². The summed E-state index contributed by atoms with van der Waals surface area (Å²) < 4.78 is 39.2. The average Bonchev–Trinajstić information content (AvgIpc) is 2.73. The first kappa shape index (κ1) is 25.0. The zero-order valence-electron chi connectivity index (χ0n) is 17.9. The number of aliphatic hydroxyl groups excluding tert-OH is 1. The predicted octanol–water partition coefficient (Wildman–Crippen LogP) is 4.63. The molecule has 2 unspecified atom stereocenters. The molecule has 0 bridgehead atoms.